The first-order chi connectivity index (χ1) is 9.95. The summed E-state index contributed by atoms with van der Waals surface area (Å²) in [5.41, 5.74) is 1.14. The number of hydrogen-bond acceptors (Lipinski definition) is 5. The van der Waals surface area contributed by atoms with E-state index in [1.165, 1.54) is 12.1 Å². The van der Waals surface area contributed by atoms with Crippen LogP contribution in [-0.2, 0) is 0 Å². The second kappa shape index (κ2) is 6.17. The van der Waals surface area contributed by atoms with E-state index in [1.807, 2.05) is 12.1 Å². The van der Waals surface area contributed by atoms with Crippen LogP contribution >= 0.6 is 0 Å². The quantitative estimate of drug-likeness (QED) is 0.510. The van der Waals surface area contributed by atoms with Gasteiger partial charge < -0.3 is 19.7 Å². The number of ether oxygens (including phenoxy) is 2. The maximum atomic E-state index is 11.6. The Bertz CT molecular complexity index is 632. The zero-order chi connectivity index (χ0) is 15.4. The Morgan fingerprint density at radius 2 is 1.48 bits per heavy atom. The van der Waals surface area contributed by atoms with Gasteiger partial charge in [-0.1, -0.05) is 26.0 Å². The number of phenolic OH excluding ortho intramolecular Hbond substituents is 2. The summed E-state index contributed by atoms with van der Waals surface area (Å²) in [5.74, 6) is 0.175. The van der Waals surface area contributed by atoms with E-state index in [1.54, 1.807) is 12.1 Å². The van der Waals surface area contributed by atoms with Gasteiger partial charge in [0.15, 0.2) is 11.5 Å². The van der Waals surface area contributed by atoms with Crippen LogP contribution in [-0.4, -0.2) is 16.4 Å². The van der Waals surface area contributed by atoms with Crippen LogP contribution in [0, 0.1) is 0 Å². The minimum atomic E-state index is -0.919. The van der Waals surface area contributed by atoms with Gasteiger partial charge in [0.1, 0.15) is 11.5 Å². The second-order valence-corrected chi connectivity index (χ2v) is 4.83. The third-order valence-corrected chi connectivity index (χ3v) is 2.90. The number of phenols is 2. The molecule has 0 atom stereocenters. The van der Waals surface area contributed by atoms with Crippen molar-refractivity contribution in [1.29, 1.82) is 0 Å². The minimum absolute atomic E-state index is 0.0779. The number of carbonyl (C=O) groups is 1. The summed E-state index contributed by atoms with van der Waals surface area (Å²) in [7, 11) is 0. The molecule has 0 saturated carbocycles. The van der Waals surface area contributed by atoms with Crippen LogP contribution in [0.25, 0.3) is 0 Å². The van der Waals surface area contributed by atoms with E-state index < -0.39 is 6.16 Å². The Morgan fingerprint density at radius 1 is 0.905 bits per heavy atom. The van der Waals surface area contributed by atoms with E-state index in [4.69, 9.17) is 14.6 Å². The lowest BCUT2D eigenvalue weighted by Crippen LogP contribution is -2.13. The van der Waals surface area contributed by atoms with E-state index >= 15 is 0 Å². The molecular formula is C16H16O5. The molecule has 2 rings (SSSR count). The molecule has 0 radical (unpaired) electrons. The third kappa shape index (κ3) is 3.89. The van der Waals surface area contributed by atoms with Crippen LogP contribution in [0.15, 0.2) is 42.5 Å². The molecule has 0 aromatic heterocycles. The summed E-state index contributed by atoms with van der Waals surface area (Å²) in [5, 5.41) is 18.5. The highest BCUT2D eigenvalue weighted by molar-refractivity contribution is 5.67. The maximum Gasteiger partial charge on any atom is 0.519 e. The van der Waals surface area contributed by atoms with Crippen LogP contribution in [0.3, 0.4) is 0 Å². The zero-order valence-electron chi connectivity index (χ0n) is 11.7. The van der Waals surface area contributed by atoms with Gasteiger partial charge in [-0.05, 0) is 35.7 Å². The Hall–Kier alpha value is -2.69. The van der Waals surface area contributed by atoms with E-state index in [-0.39, 0.29) is 17.2 Å². The number of benzene rings is 2. The molecule has 2 N–H and O–H groups in total. The molecule has 5 nitrogen and oxygen atoms in total. The summed E-state index contributed by atoms with van der Waals surface area (Å²) < 4.78 is 9.92. The molecule has 0 aliphatic rings. The number of rotatable bonds is 3. The minimum Gasteiger partial charge on any atom is -0.504 e. The average Bonchev–Trinajstić information content (AvgIpc) is 2.43. The molecule has 0 unspecified atom stereocenters. The molecule has 0 amide bonds. The molecule has 0 aliphatic heterocycles. The highest BCUT2D eigenvalue weighted by Crippen LogP contribution is 2.29. The van der Waals surface area contributed by atoms with Gasteiger partial charge in [0.2, 0.25) is 0 Å². The lowest BCUT2D eigenvalue weighted by atomic mass is 10.0. The van der Waals surface area contributed by atoms with E-state index in [0.29, 0.717) is 11.7 Å². The standard InChI is InChI=1S/C16H16O5/c1-10(2)11-3-5-12(6-4-11)20-16(19)21-13-7-8-14(17)15(18)9-13/h3-10,17-18H,1-2H3. The molecule has 2 aromatic carbocycles. The molecule has 2 aromatic rings. The first-order valence-electron chi connectivity index (χ1n) is 6.47. The van der Waals surface area contributed by atoms with E-state index in [2.05, 4.69) is 13.8 Å². The van der Waals surface area contributed by atoms with Gasteiger partial charge in [-0.25, -0.2) is 4.79 Å². The van der Waals surface area contributed by atoms with Gasteiger partial charge in [-0.15, -0.1) is 0 Å². The fourth-order valence-electron chi connectivity index (χ4n) is 1.70. The fourth-order valence-corrected chi connectivity index (χ4v) is 1.70. The van der Waals surface area contributed by atoms with Crippen LogP contribution in [0.5, 0.6) is 23.0 Å². The Kier molecular flexibility index (Phi) is 4.33. The van der Waals surface area contributed by atoms with Crippen molar-refractivity contribution in [3.8, 4) is 23.0 Å². The third-order valence-electron chi connectivity index (χ3n) is 2.90. The monoisotopic (exact) mass is 288 g/mol. The van der Waals surface area contributed by atoms with Crippen molar-refractivity contribution in [3.63, 3.8) is 0 Å². The number of hydrogen-bond donors (Lipinski definition) is 2. The van der Waals surface area contributed by atoms with Crippen LogP contribution in [0.4, 0.5) is 4.79 Å². The topological polar surface area (TPSA) is 76.0 Å². The average molecular weight is 288 g/mol. The highest BCUT2D eigenvalue weighted by atomic mass is 16.7. The molecule has 0 saturated heterocycles. The van der Waals surface area contributed by atoms with Crippen LogP contribution < -0.4 is 9.47 Å². The molecule has 21 heavy (non-hydrogen) atoms. The Balaban J connectivity index is 1.99. The van der Waals surface area contributed by atoms with Gasteiger partial charge >= 0.3 is 6.16 Å². The fraction of sp³-hybridized carbons (Fsp3) is 0.188. The van der Waals surface area contributed by atoms with Gasteiger partial charge in [0.05, 0.1) is 0 Å². The van der Waals surface area contributed by atoms with Crippen molar-refractivity contribution in [3.05, 3.63) is 48.0 Å². The van der Waals surface area contributed by atoms with Crippen LogP contribution in [0.1, 0.15) is 25.3 Å². The molecule has 0 fully saturated rings. The molecule has 0 heterocycles. The van der Waals surface area contributed by atoms with Gasteiger partial charge in [0, 0.05) is 6.07 Å². The molecule has 0 spiro atoms. The maximum absolute atomic E-state index is 11.6. The summed E-state index contributed by atoms with van der Waals surface area (Å²) in [4.78, 5) is 11.6. The molecule has 0 aliphatic carbocycles. The van der Waals surface area contributed by atoms with Crippen LogP contribution in [0.2, 0.25) is 0 Å². The van der Waals surface area contributed by atoms with Gasteiger partial charge in [0.25, 0.3) is 0 Å². The first kappa shape index (κ1) is 14.7. The second-order valence-electron chi connectivity index (χ2n) is 4.83. The van der Waals surface area contributed by atoms with Gasteiger partial charge in [-0.2, -0.15) is 0 Å². The Labute approximate surface area is 122 Å². The van der Waals surface area contributed by atoms with Crippen molar-refractivity contribution in [1.82, 2.24) is 0 Å². The molecular weight excluding hydrogens is 272 g/mol. The molecule has 0 bridgehead atoms. The highest BCUT2D eigenvalue weighted by Gasteiger charge is 2.10. The van der Waals surface area contributed by atoms with Crippen molar-refractivity contribution >= 4 is 6.16 Å². The van der Waals surface area contributed by atoms with Crippen molar-refractivity contribution in [2.45, 2.75) is 19.8 Å². The SMILES string of the molecule is CC(C)c1ccc(OC(=O)Oc2ccc(O)c(O)c2)cc1. The normalized spacial score (nSPS) is 10.4. The predicted octanol–water partition coefficient (Wildman–Crippen LogP) is 3.80. The number of carbonyl (C=O) groups excluding carboxylic acids is 1. The van der Waals surface area contributed by atoms with Crippen molar-refractivity contribution in [2.24, 2.45) is 0 Å². The van der Waals surface area contributed by atoms with Crippen molar-refractivity contribution < 1.29 is 24.5 Å². The lowest BCUT2D eigenvalue weighted by Gasteiger charge is -2.08. The van der Waals surface area contributed by atoms with E-state index in [9.17, 15) is 9.90 Å². The smallest absolute Gasteiger partial charge is 0.504 e. The van der Waals surface area contributed by atoms with Gasteiger partial charge in [-0.3, -0.25) is 0 Å². The summed E-state index contributed by atoms with van der Waals surface area (Å²) in [6, 6.07) is 10.8. The van der Waals surface area contributed by atoms with Crippen molar-refractivity contribution in [2.75, 3.05) is 0 Å². The zero-order valence-corrected chi connectivity index (χ0v) is 11.7. The number of aromatic hydroxyl groups is 2. The predicted molar refractivity (Wildman–Crippen MR) is 77.0 cm³/mol. The molecule has 110 valence electrons. The summed E-state index contributed by atoms with van der Waals surface area (Å²) in [6.45, 7) is 4.14. The first-order valence-corrected chi connectivity index (χ1v) is 6.47. The lowest BCUT2D eigenvalue weighted by molar-refractivity contribution is 0.151. The summed E-state index contributed by atoms with van der Waals surface area (Å²) >= 11 is 0. The molecule has 5 heteroatoms. The van der Waals surface area contributed by atoms with E-state index in [0.717, 1.165) is 11.6 Å². The largest absolute Gasteiger partial charge is 0.519 e. The Morgan fingerprint density at radius 3 is 2.05 bits per heavy atom. The summed E-state index contributed by atoms with van der Waals surface area (Å²) in [6.07, 6.45) is -0.919.